The van der Waals surface area contributed by atoms with Crippen molar-refractivity contribution in [3.05, 3.63) is 58.9 Å². The lowest BCUT2D eigenvalue weighted by Gasteiger charge is -2.28. The molecule has 1 atom stereocenters. The number of pyridine rings is 1. The van der Waals surface area contributed by atoms with E-state index in [1.54, 1.807) is 38.2 Å². The molecule has 2 saturated heterocycles. The highest BCUT2D eigenvalue weighted by molar-refractivity contribution is 6.46. The van der Waals surface area contributed by atoms with Crippen molar-refractivity contribution in [2.24, 2.45) is 0 Å². The summed E-state index contributed by atoms with van der Waals surface area (Å²) >= 11 is 0. The van der Waals surface area contributed by atoms with Gasteiger partial charge in [0, 0.05) is 38.6 Å². The molecule has 1 amide bonds. The summed E-state index contributed by atoms with van der Waals surface area (Å²) in [5.74, 6) is -1.06. The number of hydrogen-bond donors (Lipinski definition) is 1. The van der Waals surface area contributed by atoms with Crippen molar-refractivity contribution in [2.45, 2.75) is 26.3 Å². The molecule has 9 nitrogen and oxygen atoms in total. The average Bonchev–Trinajstić information content (AvgIpc) is 3.05. The molecule has 0 bridgehead atoms. The van der Waals surface area contributed by atoms with Gasteiger partial charge >= 0.3 is 0 Å². The standard InChI is InChI=1S/C23H27N5O4/c1-15-17(14-25-16(2)26-15)21(29)19-20(18-6-3-4-7-24-18)28(23(31)22(19)30)9-5-8-27-10-12-32-13-11-27/h3-4,6-7,14,20,29H,5,8-13H2,1-2H3/b21-19+/t20-/m1/s1. The Balaban J connectivity index is 1.67. The first-order chi connectivity index (χ1) is 15.5. The minimum atomic E-state index is -0.762. The average molecular weight is 438 g/mol. The number of aliphatic hydroxyl groups excluding tert-OH is 1. The van der Waals surface area contributed by atoms with E-state index in [1.165, 1.54) is 11.1 Å². The maximum absolute atomic E-state index is 13.1. The number of aliphatic hydroxyl groups is 1. The van der Waals surface area contributed by atoms with E-state index in [9.17, 15) is 14.7 Å². The van der Waals surface area contributed by atoms with E-state index in [1.807, 2.05) is 0 Å². The van der Waals surface area contributed by atoms with Crippen molar-refractivity contribution in [1.82, 2.24) is 24.8 Å². The quantitative estimate of drug-likeness (QED) is 0.413. The number of carbonyl (C=O) groups excluding carboxylic acids is 2. The van der Waals surface area contributed by atoms with Crippen LogP contribution < -0.4 is 0 Å². The summed E-state index contributed by atoms with van der Waals surface area (Å²) in [7, 11) is 0. The number of likely N-dealkylation sites (tertiary alicyclic amines) is 1. The zero-order valence-corrected chi connectivity index (χ0v) is 18.3. The first-order valence-electron chi connectivity index (χ1n) is 10.8. The lowest BCUT2D eigenvalue weighted by atomic mass is 9.98. The van der Waals surface area contributed by atoms with Crippen LogP contribution in [0.1, 0.15) is 35.2 Å². The van der Waals surface area contributed by atoms with Gasteiger partial charge in [-0.15, -0.1) is 0 Å². The summed E-state index contributed by atoms with van der Waals surface area (Å²) in [4.78, 5) is 42.7. The number of ether oxygens (including phenoxy) is 1. The molecular formula is C23H27N5O4. The molecule has 2 aliphatic rings. The minimum absolute atomic E-state index is 0.0237. The van der Waals surface area contributed by atoms with Gasteiger partial charge in [0.05, 0.1) is 35.7 Å². The minimum Gasteiger partial charge on any atom is -0.507 e. The number of aromatic nitrogens is 3. The topological polar surface area (TPSA) is 109 Å². The van der Waals surface area contributed by atoms with Gasteiger partial charge in [0.25, 0.3) is 11.7 Å². The predicted molar refractivity (Wildman–Crippen MR) is 117 cm³/mol. The molecule has 1 N–H and O–H groups in total. The van der Waals surface area contributed by atoms with Crippen molar-refractivity contribution in [2.75, 3.05) is 39.4 Å². The van der Waals surface area contributed by atoms with Crippen LogP contribution in [-0.2, 0) is 14.3 Å². The first kappa shape index (κ1) is 22.0. The molecule has 4 heterocycles. The van der Waals surface area contributed by atoms with Gasteiger partial charge in [0.2, 0.25) is 0 Å². The van der Waals surface area contributed by atoms with Crippen LogP contribution in [0, 0.1) is 13.8 Å². The zero-order valence-electron chi connectivity index (χ0n) is 18.3. The summed E-state index contributed by atoms with van der Waals surface area (Å²) in [6, 6.07) is 4.57. The van der Waals surface area contributed by atoms with Gasteiger partial charge in [0.1, 0.15) is 17.6 Å². The maximum Gasteiger partial charge on any atom is 0.295 e. The molecule has 0 spiro atoms. The lowest BCUT2D eigenvalue weighted by molar-refractivity contribution is -0.140. The second-order valence-corrected chi connectivity index (χ2v) is 7.97. The summed E-state index contributed by atoms with van der Waals surface area (Å²) in [5.41, 5.74) is 1.43. The molecule has 0 unspecified atom stereocenters. The van der Waals surface area contributed by atoms with Crippen molar-refractivity contribution in [3.63, 3.8) is 0 Å². The van der Waals surface area contributed by atoms with Gasteiger partial charge in [-0.1, -0.05) is 6.07 Å². The summed E-state index contributed by atoms with van der Waals surface area (Å²) in [6.45, 7) is 7.78. The van der Waals surface area contributed by atoms with Crippen molar-refractivity contribution in [1.29, 1.82) is 0 Å². The van der Waals surface area contributed by atoms with E-state index in [0.29, 0.717) is 49.0 Å². The molecule has 168 valence electrons. The van der Waals surface area contributed by atoms with E-state index in [-0.39, 0.29) is 11.3 Å². The van der Waals surface area contributed by atoms with E-state index in [4.69, 9.17) is 4.74 Å². The monoisotopic (exact) mass is 437 g/mol. The molecule has 0 radical (unpaired) electrons. The Kier molecular flexibility index (Phi) is 6.57. The smallest absolute Gasteiger partial charge is 0.295 e. The second-order valence-electron chi connectivity index (χ2n) is 7.97. The number of Topliss-reactive ketones (excluding diaryl/α,β-unsaturated/α-hetero) is 1. The van der Waals surface area contributed by atoms with Crippen LogP contribution in [0.3, 0.4) is 0 Å². The number of carbonyl (C=O) groups is 2. The highest BCUT2D eigenvalue weighted by atomic mass is 16.5. The molecule has 2 aromatic heterocycles. The third kappa shape index (κ3) is 4.39. The largest absolute Gasteiger partial charge is 0.507 e. The number of morpholine rings is 1. The van der Waals surface area contributed by atoms with Crippen LogP contribution in [0.2, 0.25) is 0 Å². The van der Waals surface area contributed by atoms with Gasteiger partial charge in [-0.05, 0) is 32.4 Å². The molecule has 9 heteroatoms. The van der Waals surface area contributed by atoms with Crippen molar-refractivity contribution >= 4 is 17.4 Å². The van der Waals surface area contributed by atoms with Crippen LogP contribution >= 0.6 is 0 Å². The van der Waals surface area contributed by atoms with Crippen LogP contribution in [0.4, 0.5) is 0 Å². The van der Waals surface area contributed by atoms with Gasteiger partial charge in [-0.2, -0.15) is 0 Å². The summed E-state index contributed by atoms with van der Waals surface area (Å²) < 4.78 is 5.38. The Morgan fingerprint density at radius 3 is 2.62 bits per heavy atom. The Morgan fingerprint density at radius 1 is 1.16 bits per heavy atom. The molecule has 32 heavy (non-hydrogen) atoms. The zero-order chi connectivity index (χ0) is 22.7. The summed E-state index contributed by atoms with van der Waals surface area (Å²) in [6.07, 6.45) is 3.79. The lowest BCUT2D eigenvalue weighted by Crippen LogP contribution is -2.39. The second kappa shape index (κ2) is 9.54. The maximum atomic E-state index is 13.1. The Bertz CT molecular complexity index is 1030. The summed E-state index contributed by atoms with van der Waals surface area (Å²) in [5, 5.41) is 11.1. The van der Waals surface area contributed by atoms with E-state index in [0.717, 1.165) is 19.6 Å². The van der Waals surface area contributed by atoms with E-state index in [2.05, 4.69) is 19.9 Å². The molecule has 2 fully saturated rings. The van der Waals surface area contributed by atoms with Crippen LogP contribution in [0.25, 0.3) is 5.76 Å². The van der Waals surface area contributed by atoms with Gasteiger partial charge < -0.3 is 14.7 Å². The molecular weight excluding hydrogens is 410 g/mol. The van der Waals surface area contributed by atoms with Gasteiger partial charge in [-0.3, -0.25) is 19.5 Å². The third-order valence-electron chi connectivity index (χ3n) is 5.84. The van der Waals surface area contributed by atoms with E-state index >= 15 is 0 Å². The number of rotatable bonds is 6. The Morgan fingerprint density at radius 2 is 1.94 bits per heavy atom. The molecule has 0 aromatic carbocycles. The van der Waals surface area contributed by atoms with Crippen LogP contribution in [0.15, 0.2) is 36.2 Å². The predicted octanol–water partition coefficient (Wildman–Crippen LogP) is 1.63. The van der Waals surface area contributed by atoms with Gasteiger partial charge in [0.15, 0.2) is 0 Å². The third-order valence-corrected chi connectivity index (χ3v) is 5.84. The van der Waals surface area contributed by atoms with Crippen molar-refractivity contribution in [3.8, 4) is 0 Å². The first-order valence-corrected chi connectivity index (χ1v) is 10.8. The SMILES string of the molecule is Cc1ncc(/C(O)=C2\C(=O)C(=O)N(CCCN3CCOCC3)[C@@H]2c2ccccn2)c(C)n1. The molecule has 0 aliphatic carbocycles. The number of aryl methyl sites for hydroxylation is 2. The highest BCUT2D eigenvalue weighted by Crippen LogP contribution is 2.38. The fourth-order valence-electron chi connectivity index (χ4n) is 4.21. The number of amides is 1. The van der Waals surface area contributed by atoms with Gasteiger partial charge in [-0.25, -0.2) is 9.97 Å². The Labute approximate surface area is 186 Å². The van der Waals surface area contributed by atoms with Crippen molar-refractivity contribution < 1.29 is 19.4 Å². The normalized spacial score (nSPS) is 21.3. The number of hydrogen-bond acceptors (Lipinski definition) is 8. The molecule has 0 saturated carbocycles. The molecule has 2 aliphatic heterocycles. The highest BCUT2D eigenvalue weighted by Gasteiger charge is 2.46. The van der Waals surface area contributed by atoms with Crippen LogP contribution in [0.5, 0.6) is 0 Å². The number of nitrogens with zero attached hydrogens (tertiary/aromatic N) is 5. The molecule has 4 rings (SSSR count). The fourth-order valence-corrected chi connectivity index (χ4v) is 4.21. The number of ketones is 1. The van der Waals surface area contributed by atoms with E-state index < -0.39 is 17.7 Å². The Hall–Kier alpha value is -3.17. The fraction of sp³-hybridized carbons (Fsp3) is 0.435. The molecule has 2 aromatic rings. The van der Waals surface area contributed by atoms with Crippen LogP contribution in [-0.4, -0.2) is 80.9 Å².